The fourth-order valence-corrected chi connectivity index (χ4v) is 3.15. The zero-order chi connectivity index (χ0) is 18.2. The van der Waals surface area contributed by atoms with E-state index in [-0.39, 0.29) is 6.10 Å². The molecule has 0 radical (unpaired) electrons. The molecular formula is C18H22ClNO5. The monoisotopic (exact) mass is 367 g/mol. The standard InChI is InChI=1S/C18H22ClNO5/c1-5-22-17(21)14-8-12-13(19)6-7-15(16(12)20(14)4)23-9-11-10-24-18(2,3)25-11/h6-8,11H,5,9-10H2,1-4H3. The van der Waals surface area contributed by atoms with E-state index in [4.69, 9.17) is 30.5 Å². The van der Waals surface area contributed by atoms with Crippen LogP contribution in [0, 0.1) is 0 Å². The van der Waals surface area contributed by atoms with Gasteiger partial charge in [-0.25, -0.2) is 4.79 Å². The summed E-state index contributed by atoms with van der Waals surface area (Å²) in [5.41, 5.74) is 1.17. The molecule has 1 aliphatic rings. The number of rotatable bonds is 5. The van der Waals surface area contributed by atoms with Crippen molar-refractivity contribution in [1.29, 1.82) is 0 Å². The van der Waals surface area contributed by atoms with Crippen LogP contribution in [0.1, 0.15) is 31.3 Å². The van der Waals surface area contributed by atoms with Crippen molar-refractivity contribution in [3.05, 3.63) is 28.9 Å². The first-order chi connectivity index (χ1) is 11.8. The highest BCUT2D eigenvalue weighted by atomic mass is 35.5. The minimum absolute atomic E-state index is 0.148. The number of esters is 1. The Morgan fingerprint density at radius 1 is 1.44 bits per heavy atom. The molecule has 2 aromatic rings. The molecule has 0 saturated carbocycles. The van der Waals surface area contributed by atoms with E-state index in [0.29, 0.717) is 36.3 Å². The number of benzene rings is 1. The van der Waals surface area contributed by atoms with Crippen molar-refractivity contribution in [2.75, 3.05) is 19.8 Å². The number of nitrogens with zero attached hydrogens (tertiary/aromatic N) is 1. The summed E-state index contributed by atoms with van der Waals surface area (Å²) in [5.74, 6) is -0.353. The van der Waals surface area contributed by atoms with E-state index in [1.807, 2.05) is 13.8 Å². The molecule has 0 N–H and O–H groups in total. The smallest absolute Gasteiger partial charge is 0.354 e. The average molecular weight is 368 g/mol. The van der Waals surface area contributed by atoms with Crippen molar-refractivity contribution < 1.29 is 23.7 Å². The van der Waals surface area contributed by atoms with Crippen LogP contribution in [-0.2, 0) is 21.3 Å². The number of hydrogen-bond acceptors (Lipinski definition) is 5. The van der Waals surface area contributed by atoms with Gasteiger partial charge in [-0.3, -0.25) is 0 Å². The van der Waals surface area contributed by atoms with Crippen LogP contribution in [0.2, 0.25) is 5.02 Å². The molecule has 7 heteroatoms. The lowest BCUT2D eigenvalue weighted by molar-refractivity contribution is -0.141. The molecule has 136 valence electrons. The summed E-state index contributed by atoms with van der Waals surface area (Å²) < 4.78 is 24.1. The minimum atomic E-state index is -0.592. The second-order valence-electron chi connectivity index (χ2n) is 6.38. The summed E-state index contributed by atoms with van der Waals surface area (Å²) in [6.45, 7) is 6.65. The first-order valence-electron chi connectivity index (χ1n) is 8.22. The second kappa shape index (κ2) is 6.86. The van der Waals surface area contributed by atoms with E-state index in [2.05, 4.69) is 0 Å². The molecule has 1 fully saturated rings. The van der Waals surface area contributed by atoms with Crippen LogP contribution in [0.25, 0.3) is 10.9 Å². The van der Waals surface area contributed by atoms with Gasteiger partial charge in [-0.05, 0) is 39.0 Å². The van der Waals surface area contributed by atoms with Gasteiger partial charge in [-0.1, -0.05) is 11.6 Å². The van der Waals surface area contributed by atoms with Gasteiger partial charge in [0.2, 0.25) is 0 Å². The SMILES string of the molecule is CCOC(=O)c1cc2c(Cl)ccc(OCC3COC(C)(C)O3)c2n1C. The Hall–Kier alpha value is -1.76. The number of carbonyl (C=O) groups excluding carboxylic acids is 1. The number of ether oxygens (including phenoxy) is 4. The zero-order valence-corrected chi connectivity index (χ0v) is 15.6. The van der Waals surface area contributed by atoms with Crippen molar-refractivity contribution in [3.63, 3.8) is 0 Å². The molecule has 1 unspecified atom stereocenters. The number of hydrogen-bond donors (Lipinski definition) is 0. The van der Waals surface area contributed by atoms with Crippen LogP contribution in [0.5, 0.6) is 5.75 Å². The van der Waals surface area contributed by atoms with E-state index >= 15 is 0 Å². The maximum atomic E-state index is 12.1. The topological polar surface area (TPSA) is 58.9 Å². The third kappa shape index (κ3) is 3.61. The highest BCUT2D eigenvalue weighted by molar-refractivity contribution is 6.35. The van der Waals surface area contributed by atoms with Gasteiger partial charge in [0, 0.05) is 12.4 Å². The summed E-state index contributed by atoms with van der Waals surface area (Å²) in [4.78, 5) is 12.1. The lowest BCUT2D eigenvalue weighted by Gasteiger charge is -2.17. The quantitative estimate of drug-likeness (QED) is 0.756. The molecule has 1 atom stereocenters. The molecule has 0 amide bonds. The fourth-order valence-electron chi connectivity index (χ4n) is 2.95. The molecule has 0 aliphatic carbocycles. The predicted molar refractivity (Wildman–Crippen MR) is 94.3 cm³/mol. The predicted octanol–water partition coefficient (Wildman–Crippen LogP) is 3.54. The van der Waals surface area contributed by atoms with Crippen molar-refractivity contribution in [2.24, 2.45) is 7.05 Å². The molecule has 0 bridgehead atoms. The van der Waals surface area contributed by atoms with Crippen molar-refractivity contribution in [1.82, 2.24) is 4.57 Å². The molecule has 0 spiro atoms. The summed E-state index contributed by atoms with van der Waals surface area (Å²) in [6.07, 6.45) is -0.148. The van der Waals surface area contributed by atoms with Gasteiger partial charge >= 0.3 is 5.97 Å². The number of aryl methyl sites for hydroxylation is 1. The molecule has 1 saturated heterocycles. The number of fused-ring (bicyclic) bond motifs is 1. The van der Waals surface area contributed by atoms with E-state index in [9.17, 15) is 4.79 Å². The highest BCUT2D eigenvalue weighted by Crippen LogP contribution is 2.34. The Morgan fingerprint density at radius 3 is 2.84 bits per heavy atom. The van der Waals surface area contributed by atoms with Crippen LogP contribution in [-0.4, -0.2) is 42.2 Å². The number of halogens is 1. The molecule has 1 aromatic carbocycles. The molecule has 25 heavy (non-hydrogen) atoms. The van der Waals surface area contributed by atoms with Crippen molar-refractivity contribution >= 4 is 28.5 Å². The van der Waals surface area contributed by atoms with Crippen molar-refractivity contribution in [2.45, 2.75) is 32.7 Å². The maximum Gasteiger partial charge on any atom is 0.354 e. The lowest BCUT2D eigenvalue weighted by Crippen LogP contribution is -2.25. The molecular weight excluding hydrogens is 346 g/mol. The van der Waals surface area contributed by atoms with Gasteiger partial charge in [-0.15, -0.1) is 0 Å². The Labute approximate surface area is 151 Å². The zero-order valence-electron chi connectivity index (χ0n) is 14.8. The maximum absolute atomic E-state index is 12.1. The van der Waals surface area contributed by atoms with Crippen molar-refractivity contribution in [3.8, 4) is 5.75 Å². The molecule has 2 heterocycles. The second-order valence-corrected chi connectivity index (χ2v) is 6.79. The Morgan fingerprint density at radius 2 is 2.20 bits per heavy atom. The minimum Gasteiger partial charge on any atom is -0.489 e. The van der Waals surface area contributed by atoms with Gasteiger partial charge in [-0.2, -0.15) is 0 Å². The van der Waals surface area contributed by atoms with E-state index in [0.717, 1.165) is 10.9 Å². The Kier molecular flexibility index (Phi) is 4.95. The van der Waals surface area contributed by atoms with Gasteiger partial charge in [0.1, 0.15) is 24.2 Å². The van der Waals surface area contributed by atoms with Gasteiger partial charge in [0.15, 0.2) is 5.79 Å². The van der Waals surface area contributed by atoms with Crippen LogP contribution < -0.4 is 4.74 Å². The van der Waals surface area contributed by atoms with E-state index in [1.54, 1.807) is 36.7 Å². The number of aromatic nitrogens is 1. The summed E-state index contributed by atoms with van der Waals surface area (Å²) in [6, 6.07) is 5.27. The van der Waals surface area contributed by atoms with Crippen LogP contribution >= 0.6 is 11.6 Å². The molecule has 6 nitrogen and oxygen atoms in total. The molecule has 3 rings (SSSR count). The van der Waals surface area contributed by atoms with Crippen LogP contribution in [0.3, 0.4) is 0 Å². The first kappa shape index (κ1) is 18.0. The third-order valence-corrected chi connectivity index (χ3v) is 4.41. The van der Waals surface area contributed by atoms with Crippen LogP contribution in [0.4, 0.5) is 0 Å². The molecule has 1 aliphatic heterocycles. The van der Waals surface area contributed by atoms with E-state index in [1.165, 1.54) is 0 Å². The Bertz CT molecular complexity index is 798. The highest BCUT2D eigenvalue weighted by Gasteiger charge is 2.33. The Balaban J connectivity index is 1.88. The first-order valence-corrected chi connectivity index (χ1v) is 8.60. The third-order valence-electron chi connectivity index (χ3n) is 4.08. The van der Waals surface area contributed by atoms with Gasteiger partial charge in [0.25, 0.3) is 0 Å². The fraction of sp³-hybridized carbons (Fsp3) is 0.500. The summed E-state index contributed by atoms with van der Waals surface area (Å²) >= 11 is 6.30. The van der Waals surface area contributed by atoms with Gasteiger partial charge in [0.05, 0.1) is 23.8 Å². The van der Waals surface area contributed by atoms with E-state index < -0.39 is 11.8 Å². The summed E-state index contributed by atoms with van der Waals surface area (Å²) in [7, 11) is 1.79. The lowest BCUT2D eigenvalue weighted by atomic mass is 10.2. The number of carbonyl (C=O) groups is 1. The normalized spacial score (nSPS) is 19.3. The van der Waals surface area contributed by atoms with Crippen LogP contribution in [0.15, 0.2) is 18.2 Å². The summed E-state index contributed by atoms with van der Waals surface area (Å²) in [5, 5.41) is 1.30. The largest absolute Gasteiger partial charge is 0.489 e. The molecule has 1 aromatic heterocycles. The average Bonchev–Trinajstić information content (AvgIpc) is 3.08. The van der Waals surface area contributed by atoms with Gasteiger partial charge < -0.3 is 23.5 Å².